The van der Waals surface area contributed by atoms with Crippen LogP contribution in [0.5, 0.6) is 0 Å². The van der Waals surface area contributed by atoms with Gasteiger partial charge in [-0.2, -0.15) is 4.98 Å². The molecule has 5 heteroatoms. The normalized spacial score (nSPS) is 11.8. The molecule has 0 aliphatic heterocycles. The molecule has 0 fully saturated rings. The Labute approximate surface area is 124 Å². The van der Waals surface area contributed by atoms with Crippen molar-refractivity contribution in [3.8, 4) is 0 Å². The van der Waals surface area contributed by atoms with E-state index in [4.69, 9.17) is 16.1 Å². The van der Waals surface area contributed by atoms with Crippen molar-refractivity contribution in [2.75, 3.05) is 6.54 Å². The van der Waals surface area contributed by atoms with Crippen molar-refractivity contribution in [3.63, 3.8) is 0 Å². The van der Waals surface area contributed by atoms with Crippen LogP contribution in [-0.4, -0.2) is 22.2 Å². The van der Waals surface area contributed by atoms with Crippen LogP contribution >= 0.6 is 11.6 Å². The van der Waals surface area contributed by atoms with Gasteiger partial charge in [-0.3, -0.25) is 0 Å². The first-order valence-corrected chi connectivity index (χ1v) is 7.12. The summed E-state index contributed by atoms with van der Waals surface area (Å²) in [5, 5.41) is 8.11. The first-order valence-electron chi connectivity index (χ1n) is 6.74. The smallest absolute Gasteiger partial charge is 0.227 e. The lowest BCUT2D eigenvalue weighted by atomic mass is 10.1. The minimum absolute atomic E-state index is 0.0976. The van der Waals surface area contributed by atoms with Crippen LogP contribution in [0.4, 0.5) is 0 Å². The molecule has 0 saturated heterocycles. The van der Waals surface area contributed by atoms with E-state index in [-0.39, 0.29) is 5.54 Å². The first-order chi connectivity index (χ1) is 9.44. The molecule has 0 radical (unpaired) electrons. The van der Waals surface area contributed by atoms with Crippen molar-refractivity contribution in [2.45, 2.75) is 39.2 Å². The molecule has 1 aromatic heterocycles. The number of benzene rings is 1. The van der Waals surface area contributed by atoms with Gasteiger partial charge in [0.1, 0.15) is 0 Å². The van der Waals surface area contributed by atoms with E-state index in [0.29, 0.717) is 18.1 Å². The standard InChI is InChI=1S/C15H20ClN3O/c1-15(2,3)17-9-8-14-18-13(19-20-14)10-11-6-4-5-7-12(11)16/h4-7,17H,8-10H2,1-3H3. The van der Waals surface area contributed by atoms with Gasteiger partial charge in [0.05, 0.1) is 0 Å². The van der Waals surface area contributed by atoms with E-state index in [1.165, 1.54) is 0 Å². The van der Waals surface area contributed by atoms with Crippen LogP contribution < -0.4 is 5.32 Å². The quantitative estimate of drug-likeness (QED) is 0.919. The van der Waals surface area contributed by atoms with E-state index in [2.05, 4.69) is 36.2 Å². The summed E-state index contributed by atoms with van der Waals surface area (Å²) in [7, 11) is 0. The van der Waals surface area contributed by atoms with Crippen LogP contribution in [0.15, 0.2) is 28.8 Å². The lowest BCUT2D eigenvalue weighted by molar-refractivity contribution is 0.359. The predicted molar refractivity (Wildman–Crippen MR) is 80.0 cm³/mol. The summed E-state index contributed by atoms with van der Waals surface area (Å²) in [5.41, 5.74) is 1.11. The Morgan fingerprint density at radius 3 is 2.70 bits per heavy atom. The van der Waals surface area contributed by atoms with E-state index in [1.807, 2.05) is 24.3 Å². The monoisotopic (exact) mass is 293 g/mol. The van der Waals surface area contributed by atoms with Gasteiger partial charge in [0.25, 0.3) is 0 Å². The molecule has 0 saturated carbocycles. The van der Waals surface area contributed by atoms with E-state index >= 15 is 0 Å². The molecule has 0 bridgehead atoms. The molecule has 20 heavy (non-hydrogen) atoms. The summed E-state index contributed by atoms with van der Waals surface area (Å²) in [6, 6.07) is 7.70. The predicted octanol–water partition coefficient (Wildman–Crippen LogP) is 3.24. The molecule has 0 spiro atoms. The van der Waals surface area contributed by atoms with E-state index in [9.17, 15) is 0 Å². The van der Waals surface area contributed by atoms with Crippen LogP contribution in [0, 0.1) is 0 Å². The second kappa shape index (κ2) is 6.37. The number of nitrogens with one attached hydrogen (secondary N) is 1. The molecular formula is C15H20ClN3O. The van der Waals surface area contributed by atoms with Gasteiger partial charge in [-0.05, 0) is 32.4 Å². The van der Waals surface area contributed by atoms with Crippen molar-refractivity contribution in [1.29, 1.82) is 0 Å². The SMILES string of the molecule is CC(C)(C)NCCc1nc(Cc2ccccc2Cl)no1. The summed E-state index contributed by atoms with van der Waals surface area (Å²) in [6.07, 6.45) is 1.32. The first kappa shape index (κ1) is 15.0. The topological polar surface area (TPSA) is 51.0 Å². The zero-order valence-corrected chi connectivity index (χ0v) is 12.9. The molecule has 4 nitrogen and oxygen atoms in total. The number of hydrogen-bond donors (Lipinski definition) is 1. The van der Waals surface area contributed by atoms with Crippen molar-refractivity contribution in [2.24, 2.45) is 0 Å². The summed E-state index contributed by atoms with van der Waals surface area (Å²) >= 11 is 6.12. The largest absolute Gasteiger partial charge is 0.339 e. The van der Waals surface area contributed by atoms with Gasteiger partial charge in [-0.25, -0.2) is 0 Å². The van der Waals surface area contributed by atoms with Crippen molar-refractivity contribution >= 4 is 11.6 Å². The molecule has 108 valence electrons. The summed E-state index contributed by atoms with van der Waals surface area (Å²) in [6.45, 7) is 7.20. The van der Waals surface area contributed by atoms with Crippen molar-refractivity contribution < 1.29 is 4.52 Å². The molecule has 2 aromatic rings. The lowest BCUT2D eigenvalue weighted by Crippen LogP contribution is -2.37. The van der Waals surface area contributed by atoms with E-state index in [0.717, 1.165) is 23.6 Å². The molecule has 0 unspecified atom stereocenters. The lowest BCUT2D eigenvalue weighted by Gasteiger charge is -2.19. The Bertz CT molecular complexity index is 560. The molecule has 0 atom stereocenters. The molecule has 1 N–H and O–H groups in total. The van der Waals surface area contributed by atoms with Crippen LogP contribution in [0.1, 0.15) is 38.0 Å². The second-order valence-corrected chi connectivity index (χ2v) is 6.21. The fourth-order valence-electron chi connectivity index (χ4n) is 1.82. The van der Waals surface area contributed by atoms with Crippen LogP contribution in [0.3, 0.4) is 0 Å². The average molecular weight is 294 g/mol. The Morgan fingerprint density at radius 2 is 2.00 bits per heavy atom. The number of halogens is 1. The highest BCUT2D eigenvalue weighted by molar-refractivity contribution is 6.31. The van der Waals surface area contributed by atoms with E-state index in [1.54, 1.807) is 0 Å². The molecule has 1 heterocycles. The zero-order chi connectivity index (χ0) is 14.6. The van der Waals surface area contributed by atoms with Crippen LogP contribution in [0.25, 0.3) is 0 Å². The fraction of sp³-hybridized carbons (Fsp3) is 0.467. The molecule has 0 aliphatic carbocycles. The van der Waals surface area contributed by atoms with E-state index < -0.39 is 0 Å². The fourth-order valence-corrected chi connectivity index (χ4v) is 2.02. The molecule has 0 amide bonds. The van der Waals surface area contributed by atoms with Crippen molar-refractivity contribution in [1.82, 2.24) is 15.5 Å². The molecular weight excluding hydrogens is 274 g/mol. The molecule has 0 aliphatic rings. The number of hydrogen-bond acceptors (Lipinski definition) is 4. The highest BCUT2D eigenvalue weighted by Crippen LogP contribution is 2.17. The number of nitrogens with zero attached hydrogens (tertiary/aromatic N) is 2. The zero-order valence-electron chi connectivity index (χ0n) is 12.1. The minimum Gasteiger partial charge on any atom is -0.339 e. The maximum Gasteiger partial charge on any atom is 0.227 e. The third kappa shape index (κ3) is 4.62. The Hall–Kier alpha value is -1.39. The Kier molecular flexibility index (Phi) is 4.78. The van der Waals surface area contributed by atoms with Gasteiger partial charge in [0, 0.05) is 29.9 Å². The number of aromatic nitrogens is 2. The summed E-state index contributed by atoms with van der Waals surface area (Å²) in [4.78, 5) is 4.39. The number of rotatable bonds is 5. The molecule has 2 rings (SSSR count). The van der Waals surface area contributed by atoms with Gasteiger partial charge in [0.15, 0.2) is 5.82 Å². The van der Waals surface area contributed by atoms with Crippen molar-refractivity contribution in [3.05, 3.63) is 46.6 Å². The van der Waals surface area contributed by atoms with Crippen LogP contribution in [-0.2, 0) is 12.8 Å². The van der Waals surface area contributed by atoms with Gasteiger partial charge in [0.2, 0.25) is 5.89 Å². The highest BCUT2D eigenvalue weighted by Gasteiger charge is 2.11. The van der Waals surface area contributed by atoms with Gasteiger partial charge in [-0.15, -0.1) is 0 Å². The third-order valence-corrected chi connectivity index (χ3v) is 3.18. The van der Waals surface area contributed by atoms with Gasteiger partial charge >= 0.3 is 0 Å². The maximum absolute atomic E-state index is 6.12. The Morgan fingerprint density at radius 1 is 1.25 bits per heavy atom. The third-order valence-electron chi connectivity index (χ3n) is 2.81. The minimum atomic E-state index is 0.0976. The maximum atomic E-state index is 6.12. The summed E-state index contributed by atoms with van der Waals surface area (Å²) < 4.78 is 5.25. The van der Waals surface area contributed by atoms with Crippen LogP contribution in [0.2, 0.25) is 5.02 Å². The highest BCUT2D eigenvalue weighted by atomic mass is 35.5. The Balaban J connectivity index is 1.91. The van der Waals surface area contributed by atoms with Gasteiger partial charge in [-0.1, -0.05) is 35.0 Å². The van der Waals surface area contributed by atoms with Gasteiger partial charge < -0.3 is 9.84 Å². The molecule has 1 aromatic carbocycles. The summed E-state index contributed by atoms with van der Waals surface area (Å²) in [5.74, 6) is 1.33. The average Bonchev–Trinajstić information content (AvgIpc) is 2.78. The second-order valence-electron chi connectivity index (χ2n) is 5.80.